The summed E-state index contributed by atoms with van der Waals surface area (Å²) in [4.78, 5) is 0. The fourth-order valence-corrected chi connectivity index (χ4v) is 0. The molecule has 26 valence electrons. The van der Waals surface area contributed by atoms with Crippen molar-refractivity contribution in [2.75, 3.05) is 0 Å². The standard InChI is InChI=1S/CH4.Mg.2H2O/h1H4;;2*1H2. The van der Waals surface area contributed by atoms with Gasteiger partial charge >= 0.3 is 0 Å². The molecular weight excluding hydrogens is 68.3 g/mol. The summed E-state index contributed by atoms with van der Waals surface area (Å²) in [5.74, 6) is 0. The summed E-state index contributed by atoms with van der Waals surface area (Å²) >= 11 is 0. The van der Waals surface area contributed by atoms with Gasteiger partial charge in [0, 0.05) is 23.1 Å². The van der Waals surface area contributed by atoms with Crippen molar-refractivity contribution < 1.29 is 11.0 Å². The lowest BCUT2D eigenvalue weighted by atomic mass is 12.0. The molecule has 0 aliphatic heterocycles. The molecule has 0 rings (SSSR count). The van der Waals surface area contributed by atoms with Gasteiger partial charge in [0.2, 0.25) is 0 Å². The summed E-state index contributed by atoms with van der Waals surface area (Å²) in [6, 6.07) is 0. The van der Waals surface area contributed by atoms with E-state index in [0.717, 1.165) is 0 Å². The van der Waals surface area contributed by atoms with Gasteiger partial charge in [0.15, 0.2) is 0 Å². The van der Waals surface area contributed by atoms with E-state index in [-0.39, 0.29) is 41.4 Å². The topological polar surface area (TPSA) is 63.0 Å². The molecule has 0 bridgehead atoms. The summed E-state index contributed by atoms with van der Waals surface area (Å²) < 4.78 is 0. The van der Waals surface area contributed by atoms with E-state index in [1.165, 1.54) is 0 Å². The molecule has 4 heavy (non-hydrogen) atoms. The predicted molar refractivity (Wildman–Crippen MR) is 19.7 cm³/mol. The van der Waals surface area contributed by atoms with Crippen LogP contribution >= 0.6 is 0 Å². The minimum Gasteiger partial charge on any atom is -0.412 e. The number of rotatable bonds is 0. The molecule has 0 atom stereocenters. The van der Waals surface area contributed by atoms with E-state index < -0.39 is 0 Å². The molecule has 0 fully saturated rings. The van der Waals surface area contributed by atoms with Crippen LogP contribution in [0.1, 0.15) is 7.43 Å². The highest BCUT2D eigenvalue weighted by Gasteiger charge is 0.0000179. The number of hydrogen-bond acceptors (Lipinski definition) is 0. The molecule has 0 aliphatic carbocycles. The molecule has 0 spiro atoms. The Morgan fingerprint density at radius 3 is 0.750 bits per heavy atom. The van der Waals surface area contributed by atoms with E-state index in [2.05, 4.69) is 0 Å². The molecule has 0 saturated heterocycles. The Balaban J connectivity index is 0. The first-order valence-electron chi connectivity index (χ1n) is 0. The van der Waals surface area contributed by atoms with Crippen molar-refractivity contribution in [3.05, 3.63) is 0 Å². The second kappa shape index (κ2) is 56.5. The predicted octanol–water partition coefficient (Wildman–Crippen LogP) is -1.39. The Bertz CT molecular complexity index is 6.00. The molecule has 2 radical (unpaired) electrons. The largest absolute Gasteiger partial charge is 0.412 e. The second-order valence-electron chi connectivity index (χ2n) is 0. The summed E-state index contributed by atoms with van der Waals surface area (Å²) in [5.41, 5.74) is 0. The molecule has 0 amide bonds. The highest BCUT2D eigenvalue weighted by Crippen LogP contribution is 0.144. The molecular formula is CH8MgO2. The van der Waals surface area contributed by atoms with Gasteiger partial charge in [-0.25, -0.2) is 0 Å². The Hall–Kier alpha value is 0.686. The fraction of sp³-hybridized carbons (Fsp3) is 1.00. The Morgan fingerprint density at radius 2 is 0.750 bits per heavy atom. The molecule has 0 heterocycles. The van der Waals surface area contributed by atoms with Gasteiger partial charge in [0.1, 0.15) is 0 Å². The van der Waals surface area contributed by atoms with E-state index in [9.17, 15) is 0 Å². The van der Waals surface area contributed by atoms with Gasteiger partial charge in [-0.3, -0.25) is 0 Å². The van der Waals surface area contributed by atoms with Gasteiger partial charge in [-0.05, 0) is 0 Å². The maximum Gasteiger partial charge on any atom is 0 e. The highest BCUT2D eigenvalue weighted by atomic mass is 24.3. The third kappa shape index (κ3) is 16.2. The van der Waals surface area contributed by atoms with Gasteiger partial charge in [0.05, 0.1) is 0 Å². The molecule has 0 aliphatic rings. The molecule has 0 aromatic rings. The Morgan fingerprint density at radius 1 is 0.750 bits per heavy atom. The normalized spacial score (nSPS) is 0. The summed E-state index contributed by atoms with van der Waals surface area (Å²) in [7, 11) is 0. The minimum absolute atomic E-state index is 0. The van der Waals surface area contributed by atoms with Crippen molar-refractivity contribution in [3.63, 3.8) is 0 Å². The van der Waals surface area contributed by atoms with Crippen LogP contribution in [-0.4, -0.2) is 34.0 Å². The molecule has 0 aromatic carbocycles. The maximum atomic E-state index is 0. The zero-order valence-corrected chi connectivity index (χ0v) is 3.12. The SMILES string of the molecule is C.O.O.[Mg]. The van der Waals surface area contributed by atoms with Gasteiger partial charge in [-0.2, -0.15) is 0 Å². The molecule has 4 N–H and O–H groups in total. The average molecular weight is 76.4 g/mol. The van der Waals surface area contributed by atoms with Crippen LogP contribution in [0.25, 0.3) is 0 Å². The second-order valence-corrected chi connectivity index (χ2v) is 0. The first-order valence-corrected chi connectivity index (χ1v) is 0. The highest BCUT2D eigenvalue weighted by molar-refractivity contribution is 5.75. The van der Waals surface area contributed by atoms with Crippen LogP contribution in [0.4, 0.5) is 0 Å². The lowest BCUT2D eigenvalue weighted by Gasteiger charge is -0.413. The van der Waals surface area contributed by atoms with Crippen LogP contribution < -0.4 is 0 Å². The van der Waals surface area contributed by atoms with Crippen LogP contribution in [0.2, 0.25) is 0 Å². The van der Waals surface area contributed by atoms with Crippen molar-refractivity contribution in [2.24, 2.45) is 0 Å². The molecule has 0 unspecified atom stereocenters. The first kappa shape index (κ1) is 135. The van der Waals surface area contributed by atoms with Gasteiger partial charge in [0.25, 0.3) is 0 Å². The van der Waals surface area contributed by atoms with Crippen molar-refractivity contribution in [1.82, 2.24) is 0 Å². The fourth-order valence-electron chi connectivity index (χ4n) is 0. The zero-order valence-electron chi connectivity index (χ0n) is 1.71. The summed E-state index contributed by atoms with van der Waals surface area (Å²) in [6.07, 6.45) is 0. The summed E-state index contributed by atoms with van der Waals surface area (Å²) in [5, 5.41) is 0. The average Bonchev–Trinajstić information content (AvgIpc) is 0. The van der Waals surface area contributed by atoms with Gasteiger partial charge < -0.3 is 11.0 Å². The smallest absolute Gasteiger partial charge is 0 e. The lowest BCUT2D eigenvalue weighted by Crippen LogP contribution is -0.381. The van der Waals surface area contributed by atoms with Crippen LogP contribution in [0.5, 0.6) is 0 Å². The third-order valence-corrected chi connectivity index (χ3v) is 0. The molecule has 0 saturated carbocycles. The van der Waals surface area contributed by atoms with Gasteiger partial charge in [-0.15, -0.1) is 0 Å². The van der Waals surface area contributed by atoms with Crippen LogP contribution in [0.3, 0.4) is 0 Å². The molecule has 0 aromatic heterocycles. The van der Waals surface area contributed by atoms with E-state index in [0.29, 0.717) is 0 Å². The number of hydrogen-bond donors (Lipinski definition) is 0. The van der Waals surface area contributed by atoms with Crippen molar-refractivity contribution >= 4 is 23.1 Å². The maximum absolute atomic E-state index is 0. The van der Waals surface area contributed by atoms with Crippen molar-refractivity contribution in [3.8, 4) is 0 Å². The zero-order chi connectivity index (χ0) is 0. The van der Waals surface area contributed by atoms with E-state index in [4.69, 9.17) is 0 Å². The van der Waals surface area contributed by atoms with E-state index in [1.54, 1.807) is 0 Å². The quantitative estimate of drug-likeness (QED) is 0.319. The molecule has 2 nitrogen and oxygen atoms in total. The summed E-state index contributed by atoms with van der Waals surface area (Å²) in [6.45, 7) is 0. The van der Waals surface area contributed by atoms with Crippen LogP contribution in [0.15, 0.2) is 0 Å². The Kier molecular flexibility index (Phi) is 1910. The lowest BCUT2D eigenvalue weighted by molar-refractivity contribution is 0.823. The molecule has 3 heteroatoms. The first-order chi connectivity index (χ1) is 0. The van der Waals surface area contributed by atoms with E-state index >= 15 is 0 Å². The minimum atomic E-state index is 0. The van der Waals surface area contributed by atoms with Crippen molar-refractivity contribution in [2.45, 2.75) is 7.43 Å². The van der Waals surface area contributed by atoms with Crippen LogP contribution in [-0.2, 0) is 0 Å². The van der Waals surface area contributed by atoms with Gasteiger partial charge in [-0.1, -0.05) is 7.43 Å². The van der Waals surface area contributed by atoms with Crippen molar-refractivity contribution in [1.29, 1.82) is 0 Å². The van der Waals surface area contributed by atoms with Crippen LogP contribution in [0, 0.1) is 0 Å². The monoisotopic (exact) mass is 76.0 g/mol. The third-order valence-electron chi connectivity index (χ3n) is 0. The Labute approximate surface area is 42.0 Å². The van der Waals surface area contributed by atoms with E-state index in [1.807, 2.05) is 0 Å².